The maximum atomic E-state index is 11.8. The van der Waals surface area contributed by atoms with Gasteiger partial charge >= 0.3 is 0 Å². The molecule has 0 bridgehead atoms. The van der Waals surface area contributed by atoms with Gasteiger partial charge in [0.2, 0.25) is 0 Å². The molecule has 0 atom stereocenters. The lowest BCUT2D eigenvalue weighted by atomic mass is 10.2. The normalized spacial score (nSPS) is 14.9. The van der Waals surface area contributed by atoms with Crippen LogP contribution in [0.4, 0.5) is 5.69 Å². The molecule has 0 aliphatic heterocycles. The summed E-state index contributed by atoms with van der Waals surface area (Å²) in [6.07, 6.45) is 4.46. The molecule has 5 nitrogen and oxygen atoms in total. The molecule has 5 heteroatoms. The number of hydrogen-bond donors (Lipinski definition) is 1. The van der Waals surface area contributed by atoms with Crippen LogP contribution in [0.2, 0.25) is 0 Å². The lowest BCUT2D eigenvalue weighted by Gasteiger charge is -2.08. The smallest absolute Gasteiger partial charge is 0.289 e. The van der Waals surface area contributed by atoms with Crippen molar-refractivity contribution in [1.29, 1.82) is 0 Å². The summed E-state index contributed by atoms with van der Waals surface area (Å²) in [5, 5.41) is 4.36. The van der Waals surface area contributed by atoms with E-state index in [-0.39, 0.29) is 5.56 Å². The first kappa shape index (κ1) is 13.1. The van der Waals surface area contributed by atoms with Crippen molar-refractivity contribution < 1.29 is 4.74 Å². The highest BCUT2D eigenvalue weighted by Gasteiger charge is 2.26. The fraction of sp³-hybridized carbons (Fsp3) is 0.692. The zero-order valence-corrected chi connectivity index (χ0v) is 10.9. The molecule has 1 aromatic heterocycles. The number of anilines is 1. The largest absolute Gasteiger partial charge is 0.394 e. The predicted molar refractivity (Wildman–Crippen MR) is 70.6 cm³/mol. The van der Waals surface area contributed by atoms with Gasteiger partial charge in [-0.25, -0.2) is 4.68 Å². The molecule has 2 N–H and O–H groups in total. The molecule has 100 valence electrons. The van der Waals surface area contributed by atoms with Crippen molar-refractivity contribution in [2.45, 2.75) is 45.1 Å². The Kier molecular flexibility index (Phi) is 4.36. The lowest BCUT2D eigenvalue weighted by Crippen LogP contribution is -2.28. The van der Waals surface area contributed by atoms with Gasteiger partial charge in [0.25, 0.3) is 5.56 Å². The average molecular weight is 251 g/mol. The first-order chi connectivity index (χ1) is 8.72. The van der Waals surface area contributed by atoms with Crippen LogP contribution in [0.15, 0.2) is 10.9 Å². The fourth-order valence-electron chi connectivity index (χ4n) is 1.81. The van der Waals surface area contributed by atoms with Gasteiger partial charge in [-0.15, -0.1) is 0 Å². The fourth-order valence-corrected chi connectivity index (χ4v) is 1.81. The van der Waals surface area contributed by atoms with Gasteiger partial charge in [-0.3, -0.25) is 4.79 Å². The van der Waals surface area contributed by atoms with Crippen molar-refractivity contribution in [2.75, 3.05) is 18.9 Å². The van der Waals surface area contributed by atoms with Crippen molar-refractivity contribution >= 4 is 5.69 Å². The second kappa shape index (κ2) is 6.00. The molecule has 1 saturated carbocycles. The Morgan fingerprint density at radius 3 is 2.94 bits per heavy atom. The van der Waals surface area contributed by atoms with E-state index in [1.54, 1.807) is 6.07 Å². The van der Waals surface area contributed by atoms with Crippen molar-refractivity contribution in [3.05, 3.63) is 22.1 Å². The van der Waals surface area contributed by atoms with Gasteiger partial charge in [-0.2, -0.15) is 5.10 Å². The first-order valence-electron chi connectivity index (χ1n) is 6.67. The summed E-state index contributed by atoms with van der Waals surface area (Å²) in [5.41, 5.74) is 6.75. The van der Waals surface area contributed by atoms with E-state index in [2.05, 4.69) is 12.0 Å². The van der Waals surface area contributed by atoms with Gasteiger partial charge in [0.05, 0.1) is 18.8 Å². The molecular formula is C13H21N3O2. The van der Waals surface area contributed by atoms with Crippen LogP contribution in [0, 0.1) is 0 Å². The van der Waals surface area contributed by atoms with Crippen molar-refractivity contribution in [3.63, 3.8) is 0 Å². The molecule has 1 aliphatic carbocycles. The minimum atomic E-state index is -0.210. The van der Waals surface area contributed by atoms with E-state index in [1.807, 2.05) is 0 Å². The number of unbranched alkanes of at least 4 members (excludes halogenated alkanes) is 1. The van der Waals surface area contributed by atoms with E-state index in [1.165, 1.54) is 4.68 Å². The zero-order valence-electron chi connectivity index (χ0n) is 10.9. The van der Waals surface area contributed by atoms with Crippen LogP contribution >= 0.6 is 0 Å². The molecule has 1 aromatic rings. The molecule has 0 spiro atoms. The summed E-state index contributed by atoms with van der Waals surface area (Å²) in [6.45, 7) is 3.85. The maximum absolute atomic E-state index is 11.8. The van der Waals surface area contributed by atoms with Crippen molar-refractivity contribution in [3.8, 4) is 0 Å². The van der Waals surface area contributed by atoms with Crippen LogP contribution < -0.4 is 11.3 Å². The summed E-state index contributed by atoms with van der Waals surface area (Å²) in [5.74, 6) is 0.500. The van der Waals surface area contributed by atoms with Gasteiger partial charge in [-0.05, 0) is 25.3 Å². The van der Waals surface area contributed by atoms with E-state index >= 15 is 0 Å². The molecule has 18 heavy (non-hydrogen) atoms. The second-order valence-electron chi connectivity index (χ2n) is 4.79. The first-order valence-corrected chi connectivity index (χ1v) is 6.67. The van der Waals surface area contributed by atoms with Gasteiger partial charge in [-0.1, -0.05) is 13.3 Å². The number of rotatable bonds is 7. The summed E-state index contributed by atoms with van der Waals surface area (Å²) in [4.78, 5) is 11.8. The van der Waals surface area contributed by atoms with E-state index in [0.717, 1.165) is 38.0 Å². The highest BCUT2D eigenvalue weighted by Crippen LogP contribution is 2.38. The number of aromatic nitrogens is 2. The third kappa shape index (κ3) is 3.32. The highest BCUT2D eigenvalue weighted by molar-refractivity contribution is 5.37. The Hall–Kier alpha value is -1.36. The predicted octanol–water partition coefficient (Wildman–Crippen LogP) is 1.52. The Labute approximate surface area is 107 Å². The van der Waals surface area contributed by atoms with Crippen molar-refractivity contribution in [1.82, 2.24) is 9.78 Å². The topological polar surface area (TPSA) is 70.1 Å². The number of nitrogen functional groups attached to an aromatic ring is 1. The molecule has 0 unspecified atom stereocenters. The molecule has 1 heterocycles. The second-order valence-corrected chi connectivity index (χ2v) is 4.79. The molecule has 0 aromatic carbocycles. The summed E-state index contributed by atoms with van der Waals surface area (Å²) >= 11 is 0. The van der Waals surface area contributed by atoms with Crippen LogP contribution in [0.25, 0.3) is 0 Å². The van der Waals surface area contributed by atoms with Crippen LogP contribution in [-0.2, 0) is 11.3 Å². The molecule has 0 amide bonds. The van der Waals surface area contributed by atoms with Gasteiger partial charge in [0.1, 0.15) is 5.69 Å². The molecule has 0 saturated heterocycles. The minimum absolute atomic E-state index is 0.210. The molecule has 2 rings (SSSR count). The van der Waals surface area contributed by atoms with E-state index in [0.29, 0.717) is 24.8 Å². The average Bonchev–Trinajstić information content (AvgIpc) is 3.18. The lowest BCUT2D eigenvalue weighted by molar-refractivity contribution is 0.120. The van der Waals surface area contributed by atoms with Crippen LogP contribution in [0.1, 0.15) is 44.2 Å². The minimum Gasteiger partial charge on any atom is -0.394 e. The number of nitrogens with zero attached hydrogens (tertiary/aromatic N) is 2. The molecule has 0 radical (unpaired) electrons. The standard InChI is InChI=1S/C13H21N3O2/c1-2-3-7-18-8-6-16-13(17)11(14)9-12(15-16)10-4-5-10/h9-10H,2-8,14H2,1H3. The van der Waals surface area contributed by atoms with Crippen LogP contribution in [-0.4, -0.2) is 23.0 Å². The number of hydrogen-bond acceptors (Lipinski definition) is 4. The third-order valence-electron chi connectivity index (χ3n) is 3.11. The Morgan fingerprint density at radius 1 is 1.50 bits per heavy atom. The van der Waals surface area contributed by atoms with Gasteiger partial charge in [0, 0.05) is 12.5 Å². The van der Waals surface area contributed by atoms with Crippen LogP contribution in [0.5, 0.6) is 0 Å². The quantitative estimate of drug-likeness (QED) is 0.746. The summed E-state index contributed by atoms with van der Waals surface area (Å²) < 4.78 is 6.89. The Bertz CT molecular complexity index is 452. The zero-order chi connectivity index (χ0) is 13.0. The third-order valence-corrected chi connectivity index (χ3v) is 3.11. The van der Waals surface area contributed by atoms with E-state index in [9.17, 15) is 4.79 Å². The van der Waals surface area contributed by atoms with Crippen LogP contribution in [0.3, 0.4) is 0 Å². The molecular weight excluding hydrogens is 230 g/mol. The monoisotopic (exact) mass is 251 g/mol. The molecule has 1 aliphatic rings. The number of nitrogens with two attached hydrogens (primary N) is 1. The summed E-state index contributed by atoms with van der Waals surface area (Å²) in [6, 6.07) is 1.72. The van der Waals surface area contributed by atoms with Crippen molar-refractivity contribution in [2.24, 2.45) is 0 Å². The Morgan fingerprint density at radius 2 is 2.28 bits per heavy atom. The van der Waals surface area contributed by atoms with E-state index in [4.69, 9.17) is 10.5 Å². The Balaban J connectivity index is 1.96. The summed E-state index contributed by atoms with van der Waals surface area (Å²) in [7, 11) is 0. The molecule has 1 fully saturated rings. The SMILES string of the molecule is CCCCOCCn1nc(C2CC2)cc(N)c1=O. The highest BCUT2D eigenvalue weighted by atomic mass is 16.5. The van der Waals surface area contributed by atoms with Gasteiger partial charge in [0.15, 0.2) is 0 Å². The number of ether oxygens (including phenoxy) is 1. The van der Waals surface area contributed by atoms with E-state index < -0.39 is 0 Å². The van der Waals surface area contributed by atoms with Gasteiger partial charge < -0.3 is 10.5 Å². The maximum Gasteiger partial charge on any atom is 0.289 e.